The molecule has 0 aliphatic carbocycles. The quantitative estimate of drug-likeness (QED) is 0.691. The Balaban J connectivity index is 1.73. The van der Waals surface area contributed by atoms with Gasteiger partial charge in [-0.1, -0.05) is 48.0 Å². The average molecular weight is 426 g/mol. The molecule has 0 radical (unpaired) electrons. The lowest BCUT2D eigenvalue weighted by atomic mass is 10.1. The molecule has 6 nitrogen and oxygen atoms in total. The molecule has 0 bridgehead atoms. The molecule has 0 fully saturated rings. The first-order valence-electron chi connectivity index (χ1n) is 8.71. The number of nitrogens with two attached hydrogens (primary N) is 1. The Bertz CT molecular complexity index is 1240. The highest BCUT2D eigenvalue weighted by Crippen LogP contribution is 2.33. The molecular weight excluding hydrogens is 410 g/mol. The second-order valence-corrected chi connectivity index (χ2v) is 8.47. The number of carbonyl (C=O) groups excluding carboxylic acids is 1. The first-order valence-corrected chi connectivity index (χ1v) is 10.6. The Morgan fingerprint density at radius 3 is 2.28 bits per heavy atom. The number of hydrogen-bond donors (Lipinski definition) is 1. The summed E-state index contributed by atoms with van der Waals surface area (Å²) in [6, 6.07) is 20.5. The molecule has 3 aromatic carbocycles. The van der Waals surface area contributed by atoms with Crippen molar-refractivity contribution in [3.05, 3.63) is 88.9 Å². The Morgan fingerprint density at radius 2 is 1.59 bits per heavy atom. The molecule has 4 rings (SSSR count). The molecule has 0 unspecified atom stereocenters. The third-order valence-corrected chi connectivity index (χ3v) is 5.89. The van der Waals surface area contributed by atoms with Crippen LogP contribution in [0.1, 0.15) is 11.1 Å². The SMILES string of the molecule is NS(=O)(=O)c1ccc(N=C2C(=O)N(Cc3ccccc3Cl)c3ccccc32)cc1. The predicted octanol–water partition coefficient (Wildman–Crippen LogP) is 3.66. The molecule has 1 aliphatic rings. The highest BCUT2D eigenvalue weighted by Gasteiger charge is 2.34. The minimum absolute atomic E-state index is 0.0139. The number of rotatable bonds is 4. The molecule has 0 saturated heterocycles. The van der Waals surface area contributed by atoms with Gasteiger partial charge in [-0.05, 0) is 42.0 Å². The molecule has 1 amide bonds. The number of carbonyl (C=O) groups is 1. The first kappa shape index (κ1) is 19.3. The van der Waals surface area contributed by atoms with Crippen molar-refractivity contribution in [1.29, 1.82) is 0 Å². The Morgan fingerprint density at radius 1 is 0.931 bits per heavy atom. The van der Waals surface area contributed by atoms with E-state index in [9.17, 15) is 13.2 Å². The van der Waals surface area contributed by atoms with Crippen LogP contribution in [0.4, 0.5) is 11.4 Å². The fraction of sp³-hybridized carbons (Fsp3) is 0.0476. The fourth-order valence-electron chi connectivity index (χ4n) is 3.16. The summed E-state index contributed by atoms with van der Waals surface area (Å²) in [6.07, 6.45) is 0. The van der Waals surface area contributed by atoms with E-state index in [4.69, 9.17) is 16.7 Å². The molecule has 2 N–H and O–H groups in total. The van der Waals surface area contributed by atoms with Gasteiger partial charge in [0.15, 0.2) is 0 Å². The largest absolute Gasteiger partial charge is 0.302 e. The summed E-state index contributed by atoms with van der Waals surface area (Å²) in [7, 11) is -3.79. The molecule has 1 aliphatic heterocycles. The second kappa shape index (κ2) is 7.44. The van der Waals surface area contributed by atoms with E-state index < -0.39 is 10.0 Å². The Hall–Kier alpha value is -3.00. The van der Waals surface area contributed by atoms with E-state index in [0.29, 0.717) is 22.8 Å². The van der Waals surface area contributed by atoms with Gasteiger partial charge in [-0.25, -0.2) is 18.5 Å². The van der Waals surface area contributed by atoms with Crippen molar-refractivity contribution in [1.82, 2.24) is 0 Å². The Labute approximate surface area is 173 Å². The van der Waals surface area contributed by atoms with Crippen LogP contribution in [0.5, 0.6) is 0 Å². The number of fused-ring (bicyclic) bond motifs is 1. The van der Waals surface area contributed by atoms with E-state index in [1.807, 2.05) is 42.5 Å². The minimum Gasteiger partial charge on any atom is -0.302 e. The van der Waals surface area contributed by atoms with Gasteiger partial charge in [-0.15, -0.1) is 0 Å². The van der Waals surface area contributed by atoms with Crippen LogP contribution < -0.4 is 10.0 Å². The number of halogens is 1. The molecule has 0 aromatic heterocycles. The maximum Gasteiger partial charge on any atom is 0.277 e. The number of para-hydroxylation sites is 1. The van der Waals surface area contributed by atoms with Crippen LogP contribution in [0.15, 0.2) is 82.7 Å². The van der Waals surface area contributed by atoms with Gasteiger partial charge in [-0.3, -0.25) is 4.79 Å². The number of amides is 1. The van der Waals surface area contributed by atoms with Crippen LogP contribution in [-0.4, -0.2) is 20.0 Å². The average Bonchev–Trinajstić information content (AvgIpc) is 2.95. The summed E-state index contributed by atoms with van der Waals surface area (Å²) in [4.78, 5) is 19.2. The van der Waals surface area contributed by atoms with Crippen LogP contribution in [0.25, 0.3) is 0 Å². The molecule has 8 heteroatoms. The van der Waals surface area contributed by atoms with E-state index in [1.54, 1.807) is 11.0 Å². The van der Waals surface area contributed by atoms with Gasteiger partial charge in [-0.2, -0.15) is 0 Å². The maximum absolute atomic E-state index is 13.1. The minimum atomic E-state index is -3.79. The lowest BCUT2D eigenvalue weighted by Crippen LogP contribution is -2.29. The summed E-state index contributed by atoms with van der Waals surface area (Å²) in [5, 5.41) is 5.71. The van der Waals surface area contributed by atoms with Crippen molar-refractivity contribution >= 4 is 44.6 Å². The zero-order valence-electron chi connectivity index (χ0n) is 15.1. The van der Waals surface area contributed by atoms with Gasteiger partial charge in [0, 0.05) is 10.6 Å². The smallest absolute Gasteiger partial charge is 0.277 e. The number of hydrogen-bond acceptors (Lipinski definition) is 4. The highest BCUT2D eigenvalue weighted by molar-refractivity contribution is 7.89. The fourth-order valence-corrected chi connectivity index (χ4v) is 3.87. The van der Waals surface area contributed by atoms with Gasteiger partial charge >= 0.3 is 0 Å². The third-order valence-electron chi connectivity index (χ3n) is 4.59. The lowest BCUT2D eigenvalue weighted by molar-refractivity contribution is -0.112. The van der Waals surface area contributed by atoms with Crippen LogP contribution in [0.2, 0.25) is 5.02 Å². The number of nitrogens with zero attached hydrogens (tertiary/aromatic N) is 2. The van der Waals surface area contributed by atoms with Crippen molar-refractivity contribution in [2.24, 2.45) is 10.1 Å². The summed E-state index contributed by atoms with van der Waals surface area (Å²) in [5.41, 5.74) is 3.03. The summed E-state index contributed by atoms with van der Waals surface area (Å²) in [6.45, 7) is 0.318. The second-order valence-electron chi connectivity index (χ2n) is 6.50. The van der Waals surface area contributed by atoms with Crippen molar-refractivity contribution in [2.45, 2.75) is 11.4 Å². The first-order chi connectivity index (χ1) is 13.8. The van der Waals surface area contributed by atoms with Crippen molar-refractivity contribution < 1.29 is 13.2 Å². The molecule has 29 heavy (non-hydrogen) atoms. The summed E-state index contributed by atoms with van der Waals surface area (Å²) >= 11 is 6.27. The molecule has 0 atom stereocenters. The molecule has 3 aromatic rings. The monoisotopic (exact) mass is 425 g/mol. The van der Waals surface area contributed by atoms with Gasteiger partial charge in [0.25, 0.3) is 5.91 Å². The number of aliphatic imine (C=N–C) groups is 1. The summed E-state index contributed by atoms with van der Waals surface area (Å²) in [5.74, 6) is -0.248. The number of benzene rings is 3. The van der Waals surface area contributed by atoms with Gasteiger partial charge in [0.05, 0.1) is 22.8 Å². The topological polar surface area (TPSA) is 92.8 Å². The molecule has 1 heterocycles. The lowest BCUT2D eigenvalue weighted by Gasteiger charge is -2.17. The van der Waals surface area contributed by atoms with Crippen LogP contribution in [-0.2, 0) is 21.4 Å². The summed E-state index contributed by atoms with van der Waals surface area (Å²) < 4.78 is 22.8. The van der Waals surface area contributed by atoms with E-state index >= 15 is 0 Å². The third kappa shape index (κ3) is 3.80. The van der Waals surface area contributed by atoms with Crippen LogP contribution in [0, 0.1) is 0 Å². The molecule has 0 spiro atoms. The van der Waals surface area contributed by atoms with E-state index in [-0.39, 0.29) is 16.5 Å². The van der Waals surface area contributed by atoms with E-state index in [1.165, 1.54) is 24.3 Å². The molecular formula is C21H16ClN3O3S. The van der Waals surface area contributed by atoms with Gasteiger partial charge in [0.2, 0.25) is 10.0 Å². The van der Waals surface area contributed by atoms with Crippen LogP contribution >= 0.6 is 11.6 Å². The number of anilines is 1. The van der Waals surface area contributed by atoms with Gasteiger partial charge < -0.3 is 4.90 Å². The van der Waals surface area contributed by atoms with Crippen molar-refractivity contribution in [2.75, 3.05) is 4.90 Å². The van der Waals surface area contributed by atoms with Crippen molar-refractivity contribution in [3.63, 3.8) is 0 Å². The van der Waals surface area contributed by atoms with Crippen molar-refractivity contribution in [3.8, 4) is 0 Å². The Kier molecular flexibility index (Phi) is 4.96. The van der Waals surface area contributed by atoms with Gasteiger partial charge in [0.1, 0.15) is 5.71 Å². The molecule has 146 valence electrons. The standard InChI is InChI=1S/C21H16ClN3O3S/c22-18-7-3-1-5-14(18)13-25-19-8-4-2-6-17(19)20(21(25)26)24-15-9-11-16(12-10-15)29(23,27)28/h1-12H,13H2,(H2,23,27,28). The number of primary sulfonamides is 1. The van der Waals surface area contributed by atoms with E-state index in [2.05, 4.69) is 4.99 Å². The van der Waals surface area contributed by atoms with Crippen LogP contribution in [0.3, 0.4) is 0 Å². The zero-order chi connectivity index (χ0) is 20.6. The van der Waals surface area contributed by atoms with E-state index in [0.717, 1.165) is 11.3 Å². The number of sulfonamides is 1. The highest BCUT2D eigenvalue weighted by atomic mass is 35.5. The predicted molar refractivity (Wildman–Crippen MR) is 113 cm³/mol. The molecule has 0 saturated carbocycles. The maximum atomic E-state index is 13.1. The normalized spacial score (nSPS) is 15.0. The zero-order valence-corrected chi connectivity index (χ0v) is 16.7.